The fourth-order valence-electron chi connectivity index (χ4n) is 3.32. The van der Waals surface area contributed by atoms with Crippen molar-refractivity contribution in [3.05, 3.63) is 23.7 Å². The zero-order chi connectivity index (χ0) is 15.0. The van der Waals surface area contributed by atoms with Gasteiger partial charge < -0.3 is 14.5 Å². The topological polar surface area (TPSA) is 54.7 Å². The largest absolute Gasteiger partial charge is 0.465 e. The van der Waals surface area contributed by atoms with Crippen molar-refractivity contribution >= 4 is 5.91 Å². The Balaban J connectivity index is 1.60. The first-order valence-corrected chi connectivity index (χ1v) is 7.75. The maximum absolute atomic E-state index is 12.2. The van der Waals surface area contributed by atoms with Gasteiger partial charge in [0.2, 0.25) is 5.91 Å². The molecule has 1 aromatic heterocycles. The molecule has 2 aliphatic rings. The van der Waals surface area contributed by atoms with Gasteiger partial charge in [0.25, 0.3) is 0 Å². The fourth-order valence-corrected chi connectivity index (χ4v) is 3.32. The van der Waals surface area contributed by atoms with Crippen LogP contribution in [0.4, 0.5) is 0 Å². The van der Waals surface area contributed by atoms with E-state index in [1.54, 1.807) is 0 Å². The summed E-state index contributed by atoms with van der Waals surface area (Å²) in [7, 11) is 0. The van der Waals surface area contributed by atoms with Crippen molar-refractivity contribution in [2.24, 2.45) is 5.92 Å². The van der Waals surface area contributed by atoms with Gasteiger partial charge in [0.1, 0.15) is 11.5 Å². The van der Waals surface area contributed by atoms with Crippen molar-refractivity contribution in [3.8, 4) is 0 Å². The summed E-state index contributed by atoms with van der Waals surface area (Å²) in [6.45, 7) is 8.41. The first-order valence-electron chi connectivity index (χ1n) is 7.75. The number of ether oxygens (including phenoxy) is 1. The number of carbonyl (C=O) groups is 1. The summed E-state index contributed by atoms with van der Waals surface area (Å²) in [5, 5.41) is 3.01. The maximum atomic E-state index is 12.2. The number of carbonyl (C=O) groups excluding carboxylic acids is 1. The third kappa shape index (κ3) is 3.30. The van der Waals surface area contributed by atoms with Crippen LogP contribution >= 0.6 is 0 Å². The number of hydrogen-bond acceptors (Lipinski definition) is 4. The second-order valence-electron chi connectivity index (χ2n) is 6.51. The first kappa shape index (κ1) is 14.6. The zero-order valence-electron chi connectivity index (χ0n) is 13.0. The van der Waals surface area contributed by atoms with Crippen LogP contribution in [0.15, 0.2) is 16.5 Å². The molecule has 0 saturated carbocycles. The molecule has 0 aliphatic carbocycles. The third-order valence-corrected chi connectivity index (χ3v) is 4.18. The lowest BCUT2D eigenvalue weighted by atomic mass is 9.99. The van der Waals surface area contributed by atoms with E-state index in [2.05, 4.69) is 10.2 Å². The van der Waals surface area contributed by atoms with Gasteiger partial charge in [0, 0.05) is 19.1 Å². The van der Waals surface area contributed by atoms with Gasteiger partial charge in [-0.3, -0.25) is 9.69 Å². The van der Waals surface area contributed by atoms with Crippen molar-refractivity contribution in [1.82, 2.24) is 10.2 Å². The van der Waals surface area contributed by atoms with Crippen molar-refractivity contribution in [2.75, 3.05) is 13.1 Å². The van der Waals surface area contributed by atoms with E-state index in [0.29, 0.717) is 0 Å². The average Bonchev–Trinajstić information content (AvgIpc) is 2.92. The third-order valence-electron chi connectivity index (χ3n) is 4.18. The Bertz CT molecular complexity index is 511. The molecule has 2 fully saturated rings. The molecular formula is C16H24N2O3. The van der Waals surface area contributed by atoms with Gasteiger partial charge >= 0.3 is 0 Å². The highest BCUT2D eigenvalue weighted by molar-refractivity contribution is 5.80. The second kappa shape index (κ2) is 5.81. The van der Waals surface area contributed by atoms with E-state index in [1.165, 1.54) is 0 Å². The number of furan rings is 1. The standard InChI is InChI=1S/C16H24N2O3/c1-10(2)17-16(19)14-6-13-8-18(9-15(14)21-13)7-12-5-4-11(3)20-12/h4-5,10,13-15H,6-9H2,1-3H3,(H,17,19)/t13-,14-,15+/m0/s1. The quantitative estimate of drug-likeness (QED) is 0.918. The number of nitrogens with zero attached hydrogens (tertiary/aromatic N) is 1. The smallest absolute Gasteiger partial charge is 0.226 e. The van der Waals surface area contributed by atoms with Gasteiger partial charge in [0.15, 0.2) is 0 Å². The van der Waals surface area contributed by atoms with Crippen LogP contribution in [0.3, 0.4) is 0 Å². The number of amides is 1. The van der Waals surface area contributed by atoms with Gasteiger partial charge in [-0.05, 0) is 39.3 Å². The van der Waals surface area contributed by atoms with E-state index in [4.69, 9.17) is 9.15 Å². The monoisotopic (exact) mass is 292 g/mol. The molecule has 5 heteroatoms. The number of hydrogen-bond donors (Lipinski definition) is 1. The number of nitrogens with one attached hydrogen (secondary N) is 1. The van der Waals surface area contributed by atoms with Crippen LogP contribution in [0, 0.1) is 12.8 Å². The van der Waals surface area contributed by atoms with E-state index >= 15 is 0 Å². The van der Waals surface area contributed by atoms with E-state index in [-0.39, 0.29) is 30.1 Å². The molecule has 3 heterocycles. The summed E-state index contributed by atoms with van der Waals surface area (Å²) in [4.78, 5) is 14.6. The predicted molar refractivity (Wildman–Crippen MR) is 78.8 cm³/mol. The summed E-state index contributed by atoms with van der Waals surface area (Å²) in [5.41, 5.74) is 0. The van der Waals surface area contributed by atoms with Crippen LogP contribution in [0.5, 0.6) is 0 Å². The SMILES string of the molecule is Cc1ccc(CN2C[C@@H]3C[C@H](C(=O)NC(C)C)[C@@H](C2)O3)o1. The number of morpholine rings is 1. The Kier molecular flexibility index (Phi) is 4.04. The molecule has 0 spiro atoms. The molecule has 3 atom stereocenters. The molecule has 5 nitrogen and oxygen atoms in total. The van der Waals surface area contributed by atoms with Crippen molar-refractivity contribution < 1.29 is 13.9 Å². The zero-order valence-corrected chi connectivity index (χ0v) is 13.0. The Labute approximate surface area is 125 Å². The normalized spacial score (nSPS) is 29.0. The lowest BCUT2D eigenvalue weighted by Gasteiger charge is -2.32. The van der Waals surface area contributed by atoms with Crippen LogP contribution in [-0.2, 0) is 16.1 Å². The minimum Gasteiger partial charge on any atom is -0.465 e. The number of aryl methyl sites for hydroxylation is 1. The maximum Gasteiger partial charge on any atom is 0.226 e. The first-order chi connectivity index (χ1) is 10.0. The molecule has 1 aromatic rings. The highest BCUT2D eigenvalue weighted by Crippen LogP contribution is 2.32. The van der Waals surface area contributed by atoms with Gasteiger partial charge in [-0.2, -0.15) is 0 Å². The van der Waals surface area contributed by atoms with Crippen molar-refractivity contribution in [2.45, 2.75) is 52.0 Å². The molecule has 1 amide bonds. The fraction of sp³-hybridized carbons (Fsp3) is 0.688. The molecular weight excluding hydrogens is 268 g/mol. The molecule has 2 bridgehead atoms. The minimum atomic E-state index is -0.0132. The summed E-state index contributed by atoms with van der Waals surface area (Å²) >= 11 is 0. The van der Waals surface area contributed by atoms with E-state index in [9.17, 15) is 4.79 Å². The lowest BCUT2D eigenvalue weighted by Crippen LogP contribution is -2.45. The Morgan fingerprint density at radius 2 is 2.24 bits per heavy atom. The highest BCUT2D eigenvalue weighted by Gasteiger charge is 2.44. The number of rotatable bonds is 4. The Morgan fingerprint density at radius 3 is 2.90 bits per heavy atom. The van der Waals surface area contributed by atoms with Crippen molar-refractivity contribution in [1.29, 1.82) is 0 Å². The molecule has 116 valence electrons. The summed E-state index contributed by atoms with van der Waals surface area (Å²) < 4.78 is 11.6. The van der Waals surface area contributed by atoms with E-state index in [1.807, 2.05) is 32.9 Å². The van der Waals surface area contributed by atoms with Gasteiger partial charge in [0.05, 0.1) is 24.7 Å². The van der Waals surface area contributed by atoms with Gasteiger partial charge in [-0.25, -0.2) is 0 Å². The van der Waals surface area contributed by atoms with Crippen LogP contribution in [0.1, 0.15) is 31.8 Å². The van der Waals surface area contributed by atoms with E-state index < -0.39 is 0 Å². The van der Waals surface area contributed by atoms with Gasteiger partial charge in [-0.15, -0.1) is 0 Å². The summed E-state index contributed by atoms with van der Waals surface area (Å²) in [6.07, 6.45) is 1.01. The second-order valence-corrected chi connectivity index (χ2v) is 6.51. The minimum absolute atomic E-state index is 0.0126. The van der Waals surface area contributed by atoms with Gasteiger partial charge in [-0.1, -0.05) is 0 Å². The Morgan fingerprint density at radius 1 is 1.43 bits per heavy atom. The van der Waals surface area contributed by atoms with Crippen LogP contribution < -0.4 is 5.32 Å². The summed E-state index contributed by atoms with van der Waals surface area (Å²) in [6, 6.07) is 4.19. The Hall–Kier alpha value is -1.33. The summed E-state index contributed by atoms with van der Waals surface area (Å²) in [5.74, 6) is 2.04. The van der Waals surface area contributed by atoms with Crippen molar-refractivity contribution in [3.63, 3.8) is 0 Å². The molecule has 0 unspecified atom stereocenters. The molecule has 2 saturated heterocycles. The molecule has 0 aromatic carbocycles. The number of fused-ring (bicyclic) bond motifs is 2. The van der Waals surface area contributed by atoms with Crippen LogP contribution in [0.25, 0.3) is 0 Å². The lowest BCUT2D eigenvalue weighted by molar-refractivity contribution is -0.128. The predicted octanol–water partition coefficient (Wildman–Crippen LogP) is 1.70. The van der Waals surface area contributed by atoms with E-state index in [0.717, 1.165) is 37.6 Å². The van der Waals surface area contributed by atoms with Crippen LogP contribution in [0.2, 0.25) is 0 Å². The molecule has 1 N–H and O–H groups in total. The molecule has 3 rings (SSSR count). The van der Waals surface area contributed by atoms with Crippen LogP contribution in [-0.4, -0.2) is 42.1 Å². The molecule has 21 heavy (non-hydrogen) atoms. The number of likely N-dealkylation sites (tertiary alicyclic amines) is 1. The average molecular weight is 292 g/mol. The highest BCUT2D eigenvalue weighted by atomic mass is 16.5. The molecule has 2 aliphatic heterocycles. The molecule has 0 radical (unpaired) electrons.